The van der Waals surface area contributed by atoms with E-state index in [4.69, 9.17) is 14.2 Å². The molecule has 1 aliphatic heterocycles. The van der Waals surface area contributed by atoms with Crippen LogP contribution in [0.25, 0.3) is 33.7 Å². The summed E-state index contributed by atoms with van der Waals surface area (Å²) in [5.41, 5.74) is 4.10. The van der Waals surface area contributed by atoms with Gasteiger partial charge in [-0.15, -0.1) is 11.3 Å². The molecule has 144 valence electrons. The Labute approximate surface area is 172 Å². The van der Waals surface area contributed by atoms with E-state index in [9.17, 15) is 4.79 Å². The van der Waals surface area contributed by atoms with Crippen LogP contribution in [0.1, 0.15) is 22.2 Å². The zero-order valence-corrected chi connectivity index (χ0v) is 16.8. The summed E-state index contributed by atoms with van der Waals surface area (Å²) in [5, 5.41) is 2.03. The van der Waals surface area contributed by atoms with Crippen molar-refractivity contribution in [2.75, 3.05) is 13.7 Å². The van der Waals surface area contributed by atoms with Crippen LogP contribution >= 0.6 is 11.3 Å². The second-order valence-electron chi connectivity index (χ2n) is 6.73. The fourth-order valence-electron chi connectivity index (χ4n) is 3.77. The molecule has 1 aliphatic carbocycles. The molecule has 5 heteroatoms. The van der Waals surface area contributed by atoms with Crippen LogP contribution < -0.4 is 19.9 Å². The summed E-state index contributed by atoms with van der Waals surface area (Å²) in [5.74, 6) is 1.30. The predicted octanol–water partition coefficient (Wildman–Crippen LogP) is 4.10. The van der Waals surface area contributed by atoms with Gasteiger partial charge in [0.2, 0.25) is 0 Å². The van der Waals surface area contributed by atoms with Gasteiger partial charge in [-0.25, -0.2) is 4.79 Å². The maximum absolute atomic E-state index is 12.4. The fourth-order valence-corrected chi connectivity index (χ4v) is 4.88. The maximum Gasteiger partial charge on any atom is 0.348 e. The number of carbonyl (C=O) groups is 1. The Hall–Kier alpha value is -3.31. The van der Waals surface area contributed by atoms with Crippen LogP contribution in [0.15, 0.2) is 48.7 Å². The number of allylic oxidation sites excluding steroid dienone is 1. The van der Waals surface area contributed by atoms with E-state index in [2.05, 4.69) is 18.2 Å². The molecule has 0 atom stereocenters. The van der Waals surface area contributed by atoms with Gasteiger partial charge in [-0.1, -0.05) is 12.1 Å². The van der Waals surface area contributed by atoms with Gasteiger partial charge in [0, 0.05) is 26.8 Å². The van der Waals surface area contributed by atoms with E-state index < -0.39 is 0 Å². The van der Waals surface area contributed by atoms with Crippen molar-refractivity contribution in [3.05, 3.63) is 69.6 Å². The minimum atomic E-state index is -0.295. The van der Waals surface area contributed by atoms with Crippen molar-refractivity contribution in [1.82, 2.24) is 0 Å². The number of benzene rings is 2. The largest absolute Gasteiger partial charge is 0.496 e. The van der Waals surface area contributed by atoms with Crippen LogP contribution in [-0.4, -0.2) is 19.7 Å². The highest BCUT2D eigenvalue weighted by Gasteiger charge is 2.24. The van der Waals surface area contributed by atoms with Crippen molar-refractivity contribution >= 4 is 29.5 Å². The second kappa shape index (κ2) is 6.94. The summed E-state index contributed by atoms with van der Waals surface area (Å²) in [7, 11) is 1.67. The molecular weight excluding hydrogens is 384 g/mol. The van der Waals surface area contributed by atoms with Crippen molar-refractivity contribution < 1.29 is 19.0 Å². The summed E-state index contributed by atoms with van der Waals surface area (Å²) in [6.07, 6.45) is 7.71. The van der Waals surface area contributed by atoms with Crippen LogP contribution in [0.2, 0.25) is 0 Å². The molecule has 0 radical (unpaired) electrons. The molecule has 0 saturated carbocycles. The third kappa shape index (κ3) is 2.86. The molecule has 2 heterocycles. The molecule has 1 aromatic heterocycles. The first-order valence-corrected chi connectivity index (χ1v) is 10.2. The van der Waals surface area contributed by atoms with E-state index in [0.717, 1.165) is 49.1 Å². The molecule has 0 N–H and O–H groups in total. The Morgan fingerprint density at radius 2 is 2.00 bits per heavy atom. The molecular formula is C24H18O4S. The Morgan fingerprint density at radius 1 is 1.10 bits per heavy atom. The highest BCUT2D eigenvalue weighted by atomic mass is 32.1. The van der Waals surface area contributed by atoms with Gasteiger partial charge in [0.05, 0.1) is 20.0 Å². The first-order valence-electron chi connectivity index (χ1n) is 9.37. The number of hydrogen-bond donors (Lipinski definition) is 0. The third-order valence-electron chi connectivity index (χ3n) is 5.06. The van der Waals surface area contributed by atoms with Gasteiger partial charge in [0.25, 0.3) is 0 Å². The van der Waals surface area contributed by atoms with E-state index in [1.54, 1.807) is 13.4 Å². The quantitative estimate of drug-likeness (QED) is 0.484. The van der Waals surface area contributed by atoms with Crippen molar-refractivity contribution in [2.45, 2.75) is 6.92 Å². The molecule has 0 amide bonds. The molecule has 29 heavy (non-hydrogen) atoms. The number of rotatable bonds is 3. The highest BCUT2D eigenvalue weighted by Crippen LogP contribution is 2.44. The second-order valence-corrected chi connectivity index (χ2v) is 7.78. The summed E-state index contributed by atoms with van der Waals surface area (Å²) in [6, 6.07) is 12.1. The number of methoxy groups -OCH3 is 1. The average Bonchev–Trinajstić information content (AvgIpc) is 3.14. The first-order chi connectivity index (χ1) is 14.2. The lowest BCUT2D eigenvalue weighted by molar-refractivity contribution is 0.0532. The van der Waals surface area contributed by atoms with E-state index in [-0.39, 0.29) is 5.97 Å². The summed E-state index contributed by atoms with van der Waals surface area (Å²) >= 11 is 1.45. The zero-order chi connectivity index (χ0) is 20.0. The van der Waals surface area contributed by atoms with Gasteiger partial charge in [-0.2, -0.15) is 0 Å². The summed E-state index contributed by atoms with van der Waals surface area (Å²) in [4.78, 5) is 14.1. The third-order valence-corrected chi connectivity index (χ3v) is 6.21. The van der Waals surface area contributed by atoms with Gasteiger partial charge in [-0.05, 0) is 60.2 Å². The average molecular weight is 402 g/mol. The molecule has 0 bridgehead atoms. The molecule has 0 spiro atoms. The van der Waals surface area contributed by atoms with Crippen LogP contribution in [0.3, 0.4) is 0 Å². The number of carbonyl (C=O) groups excluding carboxylic acids is 1. The van der Waals surface area contributed by atoms with Gasteiger partial charge < -0.3 is 14.2 Å². The Balaban J connectivity index is 1.87. The standard InChI is InChI=1S/C24H18O4S/c1-3-27-24(25)22-13-19-17-10-14-6-5-9-28-21(14)12-15(17)11-18-16(23(19)29-22)7-4-8-20(18)26-2/h4-13H,3H2,1-2H3. The van der Waals surface area contributed by atoms with Crippen LogP contribution in [0.4, 0.5) is 0 Å². The van der Waals surface area contributed by atoms with Crippen LogP contribution in [0, 0.1) is 0 Å². The molecule has 3 aromatic rings. The molecule has 5 rings (SSSR count). The van der Waals surface area contributed by atoms with Gasteiger partial charge in [0.15, 0.2) is 0 Å². The van der Waals surface area contributed by atoms with Crippen molar-refractivity contribution in [3.8, 4) is 33.1 Å². The van der Waals surface area contributed by atoms with Crippen molar-refractivity contribution in [1.29, 1.82) is 0 Å². The van der Waals surface area contributed by atoms with Gasteiger partial charge in [0.1, 0.15) is 16.4 Å². The molecule has 2 aliphatic rings. The summed E-state index contributed by atoms with van der Waals surface area (Å²) in [6.45, 7) is 2.17. The van der Waals surface area contributed by atoms with E-state index in [1.165, 1.54) is 11.3 Å². The number of ether oxygens (including phenoxy) is 3. The molecule has 0 unspecified atom stereocenters. The SMILES string of the molecule is CCOC(=O)c1cc2c(s1)-c1cccc(OC)c1C=c1cc3c(cc1-2)=CC=CO3. The lowest BCUT2D eigenvalue weighted by atomic mass is 10.0. The zero-order valence-electron chi connectivity index (χ0n) is 16.0. The summed E-state index contributed by atoms with van der Waals surface area (Å²) < 4.78 is 16.6. The number of fused-ring (bicyclic) bond motifs is 6. The van der Waals surface area contributed by atoms with E-state index in [0.29, 0.717) is 11.5 Å². The topological polar surface area (TPSA) is 44.8 Å². The predicted molar refractivity (Wildman–Crippen MR) is 115 cm³/mol. The van der Waals surface area contributed by atoms with Crippen molar-refractivity contribution in [2.24, 2.45) is 0 Å². The Bertz CT molecular complexity index is 1300. The van der Waals surface area contributed by atoms with Crippen molar-refractivity contribution in [3.63, 3.8) is 0 Å². The molecule has 0 fully saturated rings. The highest BCUT2D eigenvalue weighted by molar-refractivity contribution is 7.18. The Morgan fingerprint density at radius 3 is 2.83 bits per heavy atom. The first kappa shape index (κ1) is 17.8. The minimum absolute atomic E-state index is 0.295. The van der Waals surface area contributed by atoms with Gasteiger partial charge >= 0.3 is 5.97 Å². The molecule has 2 aromatic carbocycles. The van der Waals surface area contributed by atoms with E-state index in [1.807, 2.05) is 43.3 Å². The maximum atomic E-state index is 12.4. The number of thiophene rings is 1. The monoisotopic (exact) mass is 402 g/mol. The Kier molecular flexibility index (Phi) is 4.25. The molecule has 0 saturated heterocycles. The van der Waals surface area contributed by atoms with Crippen LogP contribution in [0.5, 0.6) is 11.5 Å². The fraction of sp³-hybridized carbons (Fsp3) is 0.125. The number of hydrogen-bond acceptors (Lipinski definition) is 5. The molecule has 4 nitrogen and oxygen atoms in total. The normalized spacial score (nSPS) is 12.8. The smallest absolute Gasteiger partial charge is 0.348 e. The van der Waals surface area contributed by atoms with Gasteiger partial charge in [-0.3, -0.25) is 0 Å². The number of esters is 1. The lowest BCUT2D eigenvalue weighted by Crippen LogP contribution is -2.16. The lowest BCUT2D eigenvalue weighted by Gasteiger charge is -2.09. The van der Waals surface area contributed by atoms with E-state index >= 15 is 0 Å². The van der Waals surface area contributed by atoms with Crippen LogP contribution in [-0.2, 0) is 4.74 Å². The minimum Gasteiger partial charge on any atom is -0.496 e.